The van der Waals surface area contributed by atoms with Crippen molar-refractivity contribution in [3.05, 3.63) is 102 Å². The zero-order valence-electron chi connectivity index (χ0n) is 18.8. The molecule has 1 aromatic heterocycles. The van der Waals surface area contributed by atoms with Crippen LogP contribution in [0.15, 0.2) is 101 Å². The molecule has 0 saturated carbocycles. The zero-order valence-corrected chi connectivity index (χ0v) is 20.3. The highest BCUT2D eigenvalue weighted by Gasteiger charge is 2.16. The van der Waals surface area contributed by atoms with Gasteiger partial charge in [-0.2, -0.15) is 0 Å². The van der Waals surface area contributed by atoms with Crippen LogP contribution in [0.5, 0.6) is 0 Å². The van der Waals surface area contributed by atoms with Gasteiger partial charge in [0.1, 0.15) is 0 Å². The maximum Gasteiger partial charge on any atom is 0.261 e. The monoisotopic (exact) mass is 502 g/mol. The van der Waals surface area contributed by atoms with Crippen LogP contribution >= 0.6 is 11.6 Å². The van der Waals surface area contributed by atoms with Crippen LogP contribution in [0.3, 0.4) is 0 Å². The van der Waals surface area contributed by atoms with Gasteiger partial charge in [-0.05, 0) is 67.4 Å². The van der Waals surface area contributed by atoms with Crippen LogP contribution in [0.25, 0.3) is 21.8 Å². The van der Waals surface area contributed by atoms with E-state index in [9.17, 15) is 13.5 Å². The lowest BCUT2D eigenvalue weighted by Crippen LogP contribution is -2.22. The topological polar surface area (TPSA) is 86.5 Å². The molecule has 0 spiro atoms. The van der Waals surface area contributed by atoms with Crippen molar-refractivity contribution in [1.82, 2.24) is 4.57 Å². The summed E-state index contributed by atoms with van der Waals surface area (Å²) < 4.78 is 30.4. The molecule has 0 atom stereocenters. The van der Waals surface area contributed by atoms with Crippen molar-refractivity contribution in [2.24, 2.45) is 4.99 Å². The fraction of sp³-hybridized carbons (Fsp3) is 0.0741. The summed E-state index contributed by atoms with van der Waals surface area (Å²) in [5, 5.41) is 15.7. The van der Waals surface area contributed by atoms with Crippen LogP contribution in [-0.2, 0) is 16.6 Å². The predicted octanol–water partition coefficient (Wildman–Crippen LogP) is 5.71. The first-order valence-electron chi connectivity index (χ1n) is 11.0. The second-order valence-electron chi connectivity index (χ2n) is 7.98. The highest BCUT2D eigenvalue weighted by molar-refractivity contribution is 7.92. The van der Waals surface area contributed by atoms with E-state index in [1.54, 1.807) is 24.3 Å². The number of aromatic nitrogens is 1. The van der Waals surface area contributed by atoms with Crippen molar-refractivity contribution >= 4 is 60.7 Å². The molecule has 176 valence electrons. The molecule has 0 amide bonds. The van der Waals surface area contributed by atoms with Crippen LogP contribution in [-0.4, -0.2) is 18.9 Å². The van der Waals surface area contributed by atoms with Gasteiger partial charge in [0.25, 0.3) is 10.0 Å². The van der Waals surface area contributed by atoms with Gasteiger partial charge in [0, 0.05) is 38.9 Å². The van der Waals surface area contributed by atoms with E-state index in [0.29, 0.717) is 10.7 Å². The summed E-state index contributed by atoms with van der Waals surface area (Å²) in [6.07, 6.45) is 0. The van der Waals surface area contributed by atoms with E-state index in [1.807, 2.05) is 24.3 Å². The molecule has 0 radical (unpaired) electrons. The molecule has 5 rings (SSSR count). The van der Waals surface area contributed by atoms with Gasteiger partial charge in [0.05, 0.1) is 16.3 Å². The Balaban J connectivity index is 1.53. The van der Waals surface area contributed by atoms with Crippen molar-refractivity contribution in [2.75, 3.05) is 4.72 Å². The Labute approximate surface area is 208 Å². The molecule has 0 saturated heterocycles. The number of hydrogen-bond acceptors (Lipinski definition) is 4. The first kappa shape index (κ1) is 23.0. The molecule has 6 nitrogen and oxygen atoms in total. The molecule has 35 heavy (non-hydrogen) atoms. The standard InChI is InChI=1S/C27H22ClN3O3S/c1-2-31-25-10-6-4-7-21(25)23-17-19(13-16-26(23)31)29-27(32)22-8-3-5-9-24(22)30-35(33,34)20-14-11-18(28)12-15-20/h3-17,30H,2H2,1H3,(H,29,32)/p-1. The largest absolute Gasteiger partial charge is 0.858 e. The SMILES string of the molecule is CCn1c2ccccc2c2cc(N=C([O-])c3ccccc3NS(=O)(=O)c3ccc(Cl)cc3)ccc21. The van der Waals surface area contributed by atoms with Crippen molar-refractivity contribution in [2.45, 2.75) is 18.4 Å². The Morgan fingerprint density at radius 3 is 2.37 bits per heavy atom. The van der Waals surface area contributed by atoms with Gasteiger partial charge < -0.3 is 9.67 Å². The maximum atomic E-state index is 13.1. The lowest BCUT2D eigenvalue weighted by molar-refractivity contribution is -0.212. The van der Waals surface area contributed by atoms with Crippen LogP contribution in [0.4, 0.5) is 11.4 Å². The van der Waals surface area contributed by atoms with Gasteiger partial charge >= 0.3 is 0 Å². The number of nitrogens with zero attached hydrogens (tertiary/aromatic N) is 2. The Kier molecular flexibility index (Phi) is 5.96. The number of aliphatic imine (C=N–C) groups is 1. The second-order valence-corrected chi connectivity index (χ2v) is 10.1. The summed E-state index contributed by atoms with van der Waals surface area (Å²) in [5.74, 6) is -0.544. The lowest BCUT2D eigenvalue weighted by atomic mass is 10.1. The molecule has 1 N–H and O–H groups in total. The molecule has 5 aromatic rings. The smallest absolute Gasteiger partial charge is 0.261 e. The van der Waals surface area contributed by atoms with Gasteiger partial charge in [0.2, 0.25) is 0 Å². The number of nitrogens with one attached hydrogen (secondary N) is 1. The minimum atomic E-state index is -3.92. The predicted molar refractivity (Wildman–Crippen MR) is 140 cm³/mol. The van der Waals surface area contributed by atoms with Crippen molar-refractivity contribution < 1.29 is 13.5 Å². The van der Waals surface area contributed by atoms with E-state index in [0.717, 1.165) is 28.4 Å². The number of hydrogen-bond donors (Lipinski definition) is 1. The van der Waals surface area contributed by atoms with Gasteiger partial charge in [0.15, 0.2) is 0 Å². The van der Waals surface area contributed by atoms with Crippen molar-refractivity contribution in [1.29, 1.82) is 0 Å². The number of rotatable bonds is 6. The lowest BCUT2D eigenvalue weighted by Gasteiger charge is -2.17. The molecular weight excluding hydrogens is 482 g/mol. The van der Waals surface area contributed by atoms with Gasteiger partial charge in [-0.1, -0.05) is 48.0 Å². The van der Waals surface area contributed by atoms with Gasteiger partial charge in [-0.15, -0.1) is 0 Å². The Morgan fingerprint density at radius 1 is 0.914 bits per heavy atom. The third kappa shape index (κ3) is 4.36. The van der Waals surface area contributed by atoms with Crippen LogP contribution in [0.2, 0.25) is 5.02 Å². The third-order valence-corrected chi connectivity index (χ3v) is 7.46. The summed E-state index contributed by atoms with van der Waals surface area (Å²) >= 11 is 5.87. The number of benzene rings is 4. The Hall–Kier alpha value is -3.81. The van der Waals surface area contributed by atoms with Crippen molar-refractivity contribution in [3.63, 3.8) is 0 Å². The first-order valence-corrected chi connectivity index (χ1v) is 12.9. The minimum Gasteiger partial charge on any atom is -0.858 e. The normalized spacial score (nSPS) is 12.3. The fourth-order valence-corrected chi connectivity index (χ4v) is 5.41. The van der Waals surface area contributed by atoms with Crippen LogP contribution in [0.1, 0.15) is 12.5 Å². The summed E-state index contributed by atoms with van der Waals surface area (Å²) in [4.78, 5) is 4.34. The molecule has 0 aliphatic heterocycles. The van der Waals surface area contributed by atoms with E-state index in [2.05, 4.69) is 33.3 Å². The maximum absolute atomic E-state index is 13.1. The van der Waals surface area contributed by atoms with Crippen molar-refractivity contribution in [3.8, 4) is 0 Å². The van der Waals surface area contributed by atoms with Gasteiger partial charge in [-0.25, -0.2) is 8.42 Å². The number of fused-ring (bicyclic) bond motifs is 3. The number of anilines is 1. The quantitative estimate of drug-likeness (QED) is 0.238. The van der Waals surface area contributed by atoms with Crippen LogP contribution in [0, 0.1) is 0 Å². The van der Waals surface area contributed by atoms with E-state index in [1.165, 1.54) is 30.3 Å². The highest BCUT2D eigenvalue weighted by atomic mass is 35.5. The third-order valence-electron chi connectivity index (χ3n) is 5.83. The van der Waals surface area contributed by atoms with E-state index < -0.39 is 15.9 Å². The van der Waals surface area contributed by atoms with E-state index in [4.69, 9.17) is 11.6 Å². The molecule has 0 fully saturated rings. The average molecular weight is 503 g/mol. The number of para-hydroxylation sites is 2. The summed E-state index contributed by atoms with van der Waals surface area (Å²) in [7, 11) is -3.92. The summed E-state index contributed by atoms with van der Waals surface area (Å²) in [6, 6.07) is 26.0. The Morgan fingerprint density at radius 2 is 1.60 bits per heavy atom. The zero-order chi connectivity index (χ0) is 24.6. The molecule has 0 aliphatic rings. The number of aryl methyl sites for hydroxylation is 1. The first-order chi connectivity index (χ1) is 16.9. The molecular formula is C27H21ClN3O3S-. The van der Waals surface area contributed by atoms with Crippen LogP contribution < -0.4 is 9.83 Å². The molecule has 8 heteroatoms. The molecule has 0 bridgehead atoms. The van der Waals surface area contributed by atoms with E-state index in [-0.39, 0.29) is 16.1 Å². The highest BCUT2D eigenvalue weighted by Crippen LogP contribution is 2.32. The molecule has 0 aliphatic carbocycles. The van der Waals surface area contributed by atoms with Gasteiger partial charge in [-0.3, -0.25) is 9.71 Å². The average Bonchev–Trinajstić information content (AvgIpc) is 3.17. The summed E-state index contributed by atoms with van der Waals surface area (Å²) in [6.45, 7) is 2.91. The number of sulfonamides is 1. The second kappa shape index (κ2) is 9.09. The molecule has 1 heterocycles. The fourth-order valence-electron chi connectivity index (χ4n) is 4.21. The minimum absolute atomic E-state index is 0.0406. The molecule has 4 aromatic carbocycles. The summed E-state index contributed by atoms with van der Waals surface area (Å²) in [5.41, 5.74) is 2.99. The Bertz CT molecular complexity index is 1690. The molecule has 0 unspecified atom stereocenters. The number of halogens is 1. The van der Waals surface area contributed by atoms with E-state index >= 15 is 0 Å².